The summed E-state index contributed by atoms with van der Waals surface area (Å²) in [5.74, 6) is 2.18. The van der Waals surface area contributed by atoms with Crippen molar-refractivity contribution in [3.63, 3.8) is 0 Å². The highest BCUT2D eigenvalue weighted by Crippen LogP contribution is 2.35. The van der Waals surface area contributed by atoms with Crippen molar-refractivity contribution < 1.29 is 9.59 Å². The predicted molar refractivity (Wildman–Crippen MR) is 139 cm³/mol. The minimum atomic E-state index is -0.282. The van der Waals surface area contributed by atoms with Crippen molar-refractivity contribution >= 4 is 85.5 Å². The number of thiazole rings is 1. The second-order valence-electron chi connectivity index (χ2n) is 7.22. The maximum absolute atomic E-state index is 13.3. The van der Waals surface area contributed by atoms with Gasteiger partial charge in [0, 0.05) is 48.4 Å². The standard InChI is InChI=1S/C21H22Cl2N6O2S2/c22-14-1-3-15(4-2-14)25-21(31)29(6-5-28-7-9-32-10-8-28)18-12-19-17(11-16(18)23)26-20(33-19)27-24-13-30/h1-4,11-13H,5-10H2,(H,24,30)(H,25,31)(H,26,27). The average molecular weight is 525 g/mol. The van der Waals surface area contributed by atoms with Gasteiger partial charge in [-0.05, 0) is 36.4 Å². The van der Waals surface area contributed by atoms with Crippen LogP contribution >= 0.6 is 46.3 Å². The number of hydrogen-bond donors (Lipinski definition) is 3. The largest absolute Gasteiger partial charge is 0.326 e. The lowest BCUT2D eigenvalue weighted by Gasteiger charge is -2.30. The monoisotopic (exact) mass is 524 g/mol. The number of urea groups is 1. The van der Waals surface area contributed by atoms with E-state index in [0.717, 1.165) is 35.8 Å². The Morgan fingerprint density at radius 2 is 1.94 bits per heavy atom. The van der Waals surface area contributed by atoms with Crippen LogP contribution in [-0.4, -0.2) is 60.0 Å². The SMILES string of the molecule is O=CNNc1nc2cc(Cl)c(N(CCN3CCSCC3)C(=O)Nc3ccc(Cl)cc3)cc2s1. The van der Waals surface area contributed by atoms with E-state index in [4.69, 9.17) is 23.2 Å². The highest BCUT2D eigenvalue weighted by Gasteiger charge is 2.22. The molecule has 174 valence electrons. The molecule has 0 spiro atoms. The summed E-state index contributed by atoms with van der Waals surface area (Å²) in [6, 6.07) is 10.3. The summed E-state index contributed by atoms with van der Waals surface area (Å²) in [7, 11) is 0. The van der Waals surface area contributed by atoms with Gasteiger partial charge in [0.2, 0.25) is 11.5 Å². The quantitative estimate of drug-likeness (QED) is 0.290. The van der Waals surface area contributed by atoms with Crippen molar-refractivity contribution in [3.05, 3.63) is 46.4 Å². The van der Waals surface area contributed by atoms with Gasteiger partial charge in [-0.2, -0.15) is 11.8 Å². The van der Waals surface area contributed by atoms with Crippen molar-refractivity contribution in [3.8, 4) is 0 Å². The third-order valence-corrected chi connectivity index (χ3v) is 7.50. The van der Waals surface area contributed by atoms with Gasteiger partial charge in [0.25, 0.3) is 0 Å². The lowest BCUT2D eigenvalue weighted by Crippen LogP contribution is -2.43. The molecular formula is C21H22Cl2N6O2S2. The zero-order chi connectivity index (χ0) is 23.2. The number of fused-ring (bicyclic) bond motifs is 1. The van der Waals surface area contributed by atoms with Gasteiger partial charge in [-0.1, -0.05) is 34.5 Å². The number of anilines is 3. The normalized spacial score (nSPS) is 14.1. The number of rotatable bonds is 8. The lowest BCUT2D eigenvalue weighted by molar-refractivity contribution is -0.109. The Morgan fingerprint density at radius 3 is 2.67 bits per heavy atom. The molecule has 0 saturated carbocycles. The molecule has 8 nitrogen and oxygen atoms in total. The molecular weight excluding hydrogens is 503 g/mol. The molecule has 3 N–H and O–H groups in total. The van der Waals surface area contributed by atoms with Gasteiger partial charge in [0.05, 0.1) is 20.9 Å². The number of amides is 3. The van der Waals surface area contributed by atoms with Gasteiger partial charge in [-0.3, -0.25) is 25.4 Å². The second kappa shape index (κ2) is 11.3. The summed E-state index contributed by atoms with van der Waals surface area (Å²) in [6.45, 7) is 3.21. The number of thioether (sulfide) groups is 1. The maximum atomic E-state index is 13.3. The number of hydrogen-bond acceptors (Lipinski definition) is 7. The number of nitrogens with one attached hydrogen (secondary N) is 3. The number of aromatic nitrogens is 1. The Morgan fingerprint density at radius 1 is 1.18 bits per heavy atom. The minimum Gasteiger partial charge on any atom is -0.308 e. The maximum Gasteiger partial charge on any atom is 0.326 e. The highest BCUT2D eigenvalue weighted by atomic mass is 35.5. The van der Waals surface area contributed by atoms with Gasteiger partial charge in [-0.15, -0.1) is 0 Å². The van der Waals surface area contributed by atoms with Crippen LogP contribution in [0.1, 0.15) is 0 Å². The fourth-order valence-electron chi connectivity index (χ4n) is 3.41. The van der Waals surface area contributed by atoms with E-state index < -0.39 is 0 Å². The van der Waals surface area contributed by atoms with E-state index in [1.54, 1.807) is 35.2 Å². The number of carbonyl (C=O) groups excluding carboxylic acids is 2. The van der Waals surface area contributed by atoms with Crippen LogP contribution in [0.25, 0.3) is 10.2 Å². The summed E-state index contributed by atoms with van der Waals surface area (Å²) >= 11 is 15.9. The van der Waals surface area contributed by atoms with Gasteiger partial charge in [0.1, 0.15) is 0 Å². The molecule has 0 atom stereocenters. The summed E-state index contributed by atoms with van der Waals surface area (Å²) in [5.41, 5.74) is 7.01. The molecule has 3 aromatic rings. The first-order chi connectivity index (χ1) is 16.0. The summed E-state index contributed by atoms with van der Waals surface area (Å²) in [5, 5.41) is 4.48. The Bertz CT molecular complexity index is 1120. The molecule has 2 aromatic carbocycles. The Labute approximate surface area is 209 Å². The van der Waals surface area contributed by atoms with E-state index in [1.807, 2.05) is 17.8 Å². The Balaban J connectivity index is 1.60. The fourth-order valence-corrected chi connectivity index (χ4v) is 5.62. The van der Waals surface area contributed by atoms with Crippen LogP contribution in [0.4, 0.5) is 21.3 Å². The van der Waals surface area contributed by atoms with Gasteiger partial charge < -0.3 is 5.32 Å². The van der Waals surface area contributed by atoms with Crippen molar-refractivity contribution in [1.29, 1.82) is 0 Å². The summed E-state index contributed by atoms with van der Waals surface area (Å²) in [6.07, 6.45) is 0.534. The van der Waals surface area contributed by atoms with Crippen LogP contribution in [0, 0.1) is 0 Å². The molecule has 4 rings (SSSR count). The molecule has 1 fully saturated rings. The smallest absolute Gasteiger partial charge is 0.308 e. The zero-order valence-corrected chi connectivity index (χ0v) is 20.7. The molecule has 1 aliphatic rings. The minimum absolute atomic E-state index is 0.282. The first-order valence-electron chi connectivity index (χ1n) is 10.2. The van der Waals surface area contributed by atoms with E-state index in [-0.39, 0.29) is 6.03 Å². The highest BCUT2D eigenvalue weighted by molar-refractivity contribution is 7.99. The zero-order valence-electron chi connectivity index (χ0n) is 17.5. The molecule has 1 aromatic heterocycles. The Hall–Kier alpha value is -2.24. The lowest BCUT2D eigenvalue weighted by atomic mass is 10.2. The van der Waals surface area contributed by atoms with Crippen LogP contribution in [-0.2, 0) is 4.79 Å². The van der Waals surface area contributed by atoms with E-state index >= 15 is 0 Å². The number of halogens is 2. The van der Waals surface area contributed by atoms with Gasteiger partial charge >= 0.3 is 6.03 Å². The third-order valence-electron chi connectivity index (χ3n) is 5.07. The van der Waals surface area contributed by atoms with Crippen molar-refractivity contribution in [2.45, 2.75) is 0 Å². The van der Waals surface area contributed by atoms with Crippen molar-refractivity contribution in [2.24, 2.45) is 0 Å². The van der Waals surface area contributed by atoms with Crippen LogP contribution in [0.2, 0.25) is 10.0 Å². The number of benzene rings is 2. The fraction of sp³-hybridized carbons (Fsp3) is 0.286. The van der Waals surface area contributed by atoms with E-state index in [0.29, 0.717) is 45.0 Å². The molecule has 0 radical (unpaired) electrons. The second-order valence-corrected chi connectivity index (χ2v) is 10.3. The van der Waals surface area contributed by atoms with Gasteiger partial charge in [0.15, 0.2) is 0 Å². The topological polar surface area (TPSA) is 89.6 Å². The van der Waals surface area contributed by atoms with E-state index in [1.165, 1.54) is 11.3 Å². The molecule has 0 aliphatic carbocycles. The first kappa shape index (κ1) is 23.9. The molecule has 1 aliphatic heterocycles. The third kappa shape index (κ3) is 6.21. The molecule has 1 saturated heterocycles. The van der Waals surface area contributed by atoms with E-state index in [2.05, 4.69) is 26.1 Å². The van der Waals surface area contributed by atoms with Crippen molar-refractivity contribution in [1.82, 2.24) is 15.3 Å². The summed E-state index contributed by atoms with van der Waals surface area (Å²) in [4.78, 5) is 32.3. The number of nitrogens with zero attached hydrogens (tertiary/aromatic N) is 3. The van der Waals surface area contributed by atoms with Crippen LogP contribution in [0.5, 0.6) is 0 Å². The molecule has 0 unspecified atom stereocenters. The average Bonchev–Trinajstić information content (AvgIpc) is 3.21. The van der Waals surface area contributed by atoms with Crippen LogP contribution in [0.15, 0.2) is 36.4 Å². The van der Waals surface area contributed by atoms with E-state index in [9.17, 15) is 9.59 Å². The van der Waals surface area contributed by atoms with Crippen LogP contribution in [0.3, 0.4) is 0 Å². The molecule has 0 bridgehead atoms. The first-order valence-corrected chi connectivity index (χ1v) is 13.0. The molecule has 2 heterocycles. The molecule has 12 heteroatoms. The summed E-state index contributed by atoms with van der Waals surface area (Å²) < 4.78 is 0.836. The van der Waals surface area contributed by atoms with Crippen LogP contribution < -0.4 is 21.1 Å². The van der Waals surface area contributed by atoms with Gasteiger partial charge in [-0.25, -0.2) is 9.78 Å². The molecule has 3 amide bonds. The molecule has 33 heavy (non-hydrogen) atoms. The Kier molecular flexibility index (Phi) is 8.15. The number of hydrazine groups is 1. The predicted octanol–water partition coefficient (Wildman–Crippen LogP) is 4.76. The van der Waals surface area contributed by atoms with Crippen molar-refractivity contribution in [2.75, 3.05) is 53.3 Å². The number of carbonyl (C=O) groups is 2.